The molecule has 0 atom stereocenters. The fourth-order valence-corrected chi connectivity index (χ4v) is 0.970. The van der Waals surface area contributed by atoms with Crippen LogP contribution in [0.3, 0.4) is 0 Å². The zero-order valence-electron chi connectivity index (χ0n) is 6.88. The lowest BCUT2D eigenvalue weighted by atomic mass is 10.1. The van der Waals surface area contributed by atoms with Crippen molar-refractivity contribution in [2.24, 2.45) is 0 Å². The topological polar surface area (TPSA) is 53.9 Å². The molecule has 14 heavy (non-hydrogen) atoms. The molecule has 1 aromatic rings. The van der Waals surface area contributed by atoms with Crippen LogP contribution in [0.25, 0.3) is 0 Å². The number of aldehydes is 1. The molecule has 0 aliphatic heterocycles. The number of nitrogens with two attached hydrogens (primary N) is 1. The average molecular weight is 206 g/mol. The van der Waals surface area contributed by atoms with Crippen molar-refractivity contribution in [2.75, 3.05) is 0 Å². The van der Waals surface area contributed by atoms with Crippen molar-refractivity contribution in [3.63, 3.8) is 0 Å². The normalized spacial score (nSPS) is 11.4. The van der Waals surface area contributed by atoms with Crippen molar-refractivity contribution in [1.29, 1.82) is 0 Å². The minimum absolute atomic E-state index is 0.0144. The minimum atomic E-state index is -4.47. The predicted octanol–water partition coefficient (Wildman–Crippen LogP) is 1.10. The molecular formula is C8H7F3NO2+. The van der Waals surface area contributed by atoms with Crippen LogP contribution < -0.4 is 5.48 Å². The summed E-state index contributed by atoms with van der Waals surface area (Å²) >= 11 is 0. The van der Waals surface area contributed by atoms with E-state index < -0.39 is 11.7 Å². The molecule has 0 heterocycles. The quantitative estimate of drug-likeness (QED) is 0.432. The summed E-state index contributed by atoms with van der Waals surface area (Å²) in [6.07, 6.45) is -4.10. The van der Waals surface area contributed by atoms with Crippen LogP contribution in [-0.4, -0.2) is 11.5 Å². The Bertz CT molecular complexity index is 349. The number of carbonyl (C=O) groups excluding carboxylic acids is 1. The Balaban J connectivity index is 3.21. The van der Waals surface area contributed by atoms with Gasteiger partial charge in [-0.25, -0.2) is 5.21 Å². The van der Waals surface area contributed by atoms with Crippen LogP contribution in [0.5, 0.6) is 0 Å². The molecule has 0 aromatic heterocycles. The maximum atomic E-state index is 12.2. The van der Waals surface area contributed by atoms with Gasteiger partial charge < -0.3 is 0 Å². The van der Waals surface area contributed by atoms with Gasteiger partial charge >= 0.3 is 6.18 Å². The van der Waals surface area contributed by atoms with E-state index in [2.05, 4.69) is 0 Å². The number of hydrogen-bond acceptors (Lipinski definition) is 2. The van der Waals surface area contributed by atoms with Crippen LogP contribution in [0.15, 0.2) is 18.2 Å². The van der Waals surface area contributed by atoms with Gasteiger partial charge in [-0.05, 0) is 12.1 Å². The molecular weight excluding hydrogens is 199 g/mol. The van der Waals surface area contributed by atoms with Gasteiger partial charge in [0.1, 0.15) is 0 Å². The number of halogens is 3. The van der Waals surface area contributed by atoms with Crippen molar-refractivity contribution < 1.29 is 28.7 Å². The third kappa shape index (κ3) is 2.09. The number of carbonyl (C=O) groups is 1. The van der Waals surface area contributed by atoms with Crippen molar-refractivity contribution >= 4 is 12.0 Å². The van der Waals surface area contributed by atoms with E-state index in [1.54, 1.807) is 0 Å². The lowest BCUT2D eigenvalue weighted by Gasteiger charge is -2.06. The van der Waals surface area contributed by atoms with Gasteiger partial charge in [-0.1, -0.05) is 0 Å². The van der Waals surface area contributed by atoms with E-state index in [4.69, 9.17) is 5.21 Å². The first kappa shape index (κ1) is 10.7. The van der Waals surface area contributed by atoms with Crippen LogP contribution in [0, 0.1) is 0 Å². The molecule has 0 spiro atoms. The van der Waals surface area contributed by atoms with Crippen molar-refractivity contribution in [1.82, 2.24) is 0 Å². The van der Waals surface area contributed by atoms with Gasteiger partial charge in [-0.3, -0.25) is 4.79 Å². The third-order valence-corrected chi connectivity index (χ3v) is 1.68. The molecule has 76 valence electrons. The summed E-state index contributed by atoms with van der Waals surface area (Å²) in [6.45, 7) is 0. The van der Waals surface area contributed by atoms with Gasteiger partial charge in [0.25, 0.3) is 0 Å². The highest BCUT2D eigenvalue weighted by atomic mass is 19.4. The second-order valence-corrected chi connectivity index (χ2v) is 2.59. The molecule has 1 aromatic carbocycles. The third-order valence-electron chi connectivity index (χ3n) is 1.68. The van der Waals surface area contributed by atoms with Gasteiger partial charge in [0.15, 0.2) is 12.0 Å². The molecule has 0 fully saturated rings. The van der Waals surface area contributed by atoms with Crippen LogP contribution in [-0.2, 0) is 6.18 Å². The van der Waals surface area contributed by atoms with E-state index in [1.165, 1.54) is 0 Å². The molecule has 0 unspecified atom stereocenters. The summed E-state index contributed by atoms with van der Waals surface area (Å²) < 4.78 is 36.5. The van der Waals surface area contributed by atoms with Crippen LogP contribution in [0.1, 0.15) is 15.9 Å². The van der Waals surface area contributed by atoms with E-state index in [0.29, 0.717) is 17.8 Å². The van der Waals surface area contributed by atoms with Crippen molar-refractivity contribution in [3.05, 3.63) is 29.3 Å². The number of quaternary nitrogens is 1. The summed E-state index contributed by atoms with van der Waals surface area (Å²) in [4.78, 5) is 10.3. The molecule has 0 aliphatic rings. The molecule has 1 rings (SSSR count). The predicted molar refractivity (Wildman–Crippen MR) is 40.2 cm³/mol. The summed E-state index contributed by atoms with van der Waals surface area (Å²) in [5.74, 6) is 0. The number of rotatable bonds is 2. The Morgan fingerprint density at radius 1 is 1.36 bits per heavy atom. The fraction of sp³-hybridized carbons (Fsp3) is 0.125. The summed E-state index contributed by atoms with van der Waals surface area (Å²) in [5, 5.41) is 8.59. The van der Waals surface area contributed by atoms with Crippen LogP contribution in [0.2, 0.25) is 0 Å². The Hall–Kier alpha value is -1.40. The van der Waals surface area contributed by atoms with E-state index in [1.807, 2.05) is 0 Å². The summed E-state index contributed by atoms with van der Waals surface area (Å²) in [6, 6.07) is 2.51. The maximum absolute atomic E-state index is 12.2. The zero-order valence-corrected chi connectivity index (χ0v) is 6.88. The molecule has 3 N–H and O–H groups in total. The van der Waals surface area contributed by atoms with Gasteiger partial charge in [0.05, 0.1) is 11.1 Å². The van der Waals surface area contributed by atoms with Crippen molar-refractivity contribution in [2.45, 2.75) is 6.18 Å². The molecule has 0 radical (unpaired) electrons. The Kier molecular flexibility index (Phi) is 2.87. The molecule has 0 bridgehead atoms. The first-order valence-electron chi connectivity index (χ1n) is 3.63. The SMILES string of the molecule is O=Cc1ccc(C(F)(F)F)cc1[NH2+]O. The standard InChI is InChI=1S/C8H6F3NO2/c9-8(10,11)6-2-1-5(4-13)7(3-6)12-14/h1-4,12,14H/p+1. The van der Waals surface area contributed by atoms with Crippen molar-refractivity contribution in [3.8, 4) is 0 Å². The van der Waals surface area contributed by atoms with E-state index in [0.717, 1.165) is 12.1 Å². The van der Waals surface area contributed by atoms with Gasteiger partial charge in [0, 0.05) is 6.07 Å². The zero-order chi connectivity index (χ0) is 10.8. The molecule has 6 heteroatoms. The molecule has 0 saturated carbocycles. The Labute approximate surface area is 77.1 Å². The molecule has 0 saturated heterocycles. The smallest absolute Gasteiger partial charge is 0.298 e. The highest BCUT2D eigenvalue weighted by molar-refractivity contribution is 5.81. The highest BCUT2D eigenvalue weighted by Crippen LogP contribution is 2.30. The summed E-state index contributed by atoms with van der Waals surface area (Å²) in [5.41, 5.74) is -0.558. The number of benzene rings is 1. The second-order valence-electron chi connectivity index (χ2n) is 2.59. The van der Waals surface area contributed by atoms with Gasteiger partial charge in [-0.2, -0.15) is 18.7 Å². The second kappa shape index (κ2) is 3.77. The van der Waals surface area contributed by atoms with Gasteiger partial charge in [0.2, 0.25) is 0 Å². The highest BCUT2D eigenvalue weighted by Gasteiger charge is 2.31. The Morgan fingerprint density at radius 3 is 2.43 bits per heavy atom. The molecule has 0 amide bonds. The maximum Gasteiger partial charge on any atom is 0.416 e. The summed E-state index contributed by atoms with van der Waals surface area (Å²) in [7, 11) is 0. The van der Waals surface area contributed by atoms with E-state index in [-0.39, 0.29) is 11.3 Å². The lowest BCUT2D eigenvalue weighted by molar-refractivity contribution is -0.825. The first-order chi connectivity index (χ1) is 6.49. The average Bonchev–Trinajstić information content (AvgIpc) is 2.15. The van der Waals surface area contributed by atoms with Crippen LogP contribution >= 0.6 is 0 Å². The number of hydrogen-bond donors (Lipinski definition) is 2. The van der Waals surface area contributed by atoms with E-state index >= 15 is 0 Å². The Morgan fingerprint density at radius 2 is 2.00 bits per heavy atom. The first-order valence-corrected chi connectivity index (χ1v) is 3.63. The monoisotopic (exact) mass is 206 g/mol. The number of alkyl halides is 3. The largest absolute Gasteiger partial charge is 0.416 e. The van der Waals surface area contributed by atoms with Crippen LogP contribution in [0.4, 0.5) is 18.9 Å². The molecule has 0 aliphatic carbocycles. The fourth-order valence-electron chi connectivity index (χ4n) is 0.970. The molecule has 3 nitrogen and oxygen atoms in total. The minimum Gasteiger partial charge on any atom is -0.298 e. The lowest BCUT2D eigenvalue weighted by Crippen LogP contribution is -2.74. The van der Waals surface area contributed by atoms with E-state index in [9.17, 15) is 18.0 Å². The van der Waals surface area contributed by atoms with Gasteiger partial charge in [-0.15, -0.1) is 0 Å².